The van der Waals surface area contributed by atoms with Crippen molar-refractivity contribution in [2.45, 2.75) is 6.42 Å². The first-order valence-electron chi connectivity index (χ1n) is 9.02. The molecule has 1 aliphatic heterocycles. The zero-order valence-corrected chi connectivity index (χ0v) is 16.1. The van der Waals surface area contributed by atoms with Crippen molar-refractivity contribution < 1.29 is 28.8 Å². The molecule has 2 aromatic rings. The molecule has 0 aliphatic carbocycles. The molecule has 1 fully saturated rings. The molecule has 0 bridgehead atoms. The van der Waals surface area contributed by atoms with Crippen LogP contribution in [0.2, 0.25) is 0 Å². The summed E-state index contributed by atoms with van der Waals surface area (Å²) in [6.45, 7) is -0.478. The third kappa shape index (κ3) is 4.90. The normalized spacial score (nSPS) is 15.6. The maximum absolute atomic E-state index is 12.3. The quantitative estimate of drug-likeness (QED) is 0.418. The maximum Gasteiger partial charge on any atom is 0.311 e. The highest BCUT2D eigenvalue weighted by Gasteiger charge is 2.36. The van der Waals surface area contributed by atoms with Crippen molar-refractivity contribution in [2.24, 2.45) is 5.92 Å². The molecule has 1 aliphatic rings. The summed E-state index contributed by atoms with van der Waals surface area (Å²) in [5, 5.41) is 13.5. The SMILES string of the molecule is COc1cccc(NC(=O)COC(=O)[C@@H]2CC(=O)N(c3cccc([N+](=O)[O-])c3)C2)c1. The first-order chi connectivity index (χ1) is 14.4. The van der Waals surface area contributed by atoms with E-state index in [1.54, 1.807) is 30.3 Å². The van der Waals surface area contributed by atoms with Gasteiger partial charge in [0.05, 0.1) is 23.6 Å². The summed E-state index contributed by atoms with van der Waals surface area (Å²) in [6.07, 6.45) is -0.0982. The van der Waals surface area contributed by atoms with Crippen LogP contribution in [0.1, 0.15) is 6.42 Å². The van der Waals surface area contributed by atoms with Crippen molar-refractivity contribution in [2.75, 3.05) is 30.5 Å². The predicted octanol–water partition coefficient (Wildman–Crippen LogP) is 2.14. The van der Waals surface area contributed by atoms with Crippen molar-refractivity contribution in [3.63, 3.8) is 0 Å². The lowest BCUT2D eigenvalue weighted by atomic mass is 10.1. The van der Waals surface area contributed by atoms with Crippen molar-refractivity contribution in [3.8, 4) is 5.75 Å². The number of nitro benzene ring substituents is 1. The zero-order chi connectivity index (χ0) is 21.7. The lowest BCUT2D eigenvalue weighted by Gasteiger charge is -2.16. The standard InChI is InChI=1S/C20H19N3O7/c1-29-17-7-2-4-14(9-17)21-18(24)12-30-20(26)13-8-19(25)22(11-13)15-5-3-6-16(10-15)23(27)28/h2-7,9-10,13H,8,11-12H2,1H3,(H,21,24)/t13-/m1/s1. The fourth-order valence-electron chi connectivity index (χ4n) is 3.04. The number of nitrogens with one attached hydrogen (secondary N) is 1. The molecule has 156 valence electrons. The minimum absolute atomic E-state index is 0.0241. The van der Waals surface area contributed by atoms with Gasteiger partial charge in [0.1, 0.15) is 5.75 Å². The highest BCUT2D eigenvalue weighted by Crippen LogP contribution is 2.28. The van der Waals surface area contributed by atoms with Crippen LogP contribution in [0.5, 0.6) is 5.75 Å². The molecular weight excluding hydrogens is 394 g/mol. The first-order valence-corrected chi connectivity index (χ1v) is 9.02. The lowest BCUT2D eigenvalue weighted by Crippen LogP contribution is -2.28. The number of nitrogens with zero attached hydrogens (tertiary/aromatic N) is 2. The predicted molar refractivity (Wildman–Crippen MR) is 106 cm³/mol. The number of hydrogen-bond donors (Lipinski definition) is 1. The largest absolute Gasteiger partial charge is 0.497 e. The van der Waals surface area contributed by atoms with Crippen molar-refractivity contribution >= 4 is 34.8 Å². The first kappa shape index (κ1) is 20.8. The summed E-state index contributed by atoms with van der Waals surface area (Å²) in [5.41, 5.74) is 0.670. The van der Waals surface area contributed by atoms with E-state index in [2.05, 4.69) is 5.32 Å². The van der Waals surface area contributed by atoms with Gasteiger partial charge in [0.15, 0.2) is 6.61 Å². The molecule has 10 heteroatoms. The summed E-state index contributed by atoms with van der Waals surface area (Å²) < 4.78 is 10.1. The molecule has 0 unspecified atom stereocenters. The number of methoxy groups -OCH3 is 1. The molecule has 0 spiro atoms. The Hall–Kier alpha value is -3.95. The fourth-order valence-corrected chi connectivity index (χ4v) is 3.04. The number of benzene rings is 2. The van der Waals surface area contributed by atoms with E-state index in [0.29, 0.717) is 17.1 Å². The van der Waals surface area contributed by atoms with Crippen LogP contribution in [-0.4, -0.2) is 43.0 Å². The van der Waals surface area contributed by atoms with Crippen LogP contribution in [-0.2, 0) is 19.1 Å². The van der Waals surface area contributed by atoms with Gasteiger partial charge >= 0.3 is 5.97 Å². The Morgan fingerprint density at radius 1 is 1.23 bits per heavy atom. The number of amides is 2. The smallest absolute Gasteiger partial charge is 0.311 e. The molecule has 2 aromatic carbocycles. The molecule has 1 saturated heterocycles. The number of carbonyl (C=O) groups excluding carboxylic acids is 3. The Kier molecular flexibility index (Phi) is 6.26. The zero-order valence-electron chi connectivity index (χ0n) is 16.1. The molecule has 30 heavy (non-hydrogen) atoms. The lowest BCUT2D eigenvalue weighted by molar-refractivity contribution is -0.384. The topological polar surface area (TPSA) is 128 Å². The number of nitro groups is 1. The van der Waals surface area contributed by atoms with Crippen LogP contribution < -0.4 is 15.0 Å². The maximum atomic E-state index is 12.3. The van der Waals surface area contributed by atoms with Crippen LogP contribution in [0.15, 0.2) is 48.5 Å². The number of hydrogen-bond acceptors (Lipinski definition) is 7. The van der Waals surface area contributed by atoms with E-state index in [9.17, 15) is 24.5 Å². The molecule has 3 rings (SSSR count). The van der Waals surface area contributed by atoms with Gasteiger partial charge in [-0.05, 0) is 18.2 Å². The Labute approximate surface area is 171 Å². The van der Waals surface area contributed by atoms with E-state index in [-0.39, 0.29) is 24.6 Å². The summed E-state index contributed by atoms with van der Waals surface area (Å²) >= 11 is 0. The molecular formula is C20H19N3O7. The van der Waals surface area contributed by atoms with Gasteiger partial charge in [0.2, 0.25) is 5.91 Å². The summed E-state index contributed by atoms with van der Waals surface area (Å²) in [6, 6.07) is 12.3. The highest BCUT2D eigenvalue weighted by atomic mass is 16.6. The number of esters is 1. The summed E-state index contributed by atoms with van der Waals surface area (Å²) in [5.74, 6) is -1.76. The van der Waals surface area contributed by atoms with E-state index in [4.69, 9.17) is 9.47 Å². The van der Waals surface area contributed by atoms with Crippen LogP contribution in [0.25, 0.3) is 0 Å². The molecule has 0 aromatic heterocycles. The third-order valence-electron chi connectivity index (χ3n) is 4.51. The molecule has 10 nitrogen and oxygen atoms in total. The molecule has 1 atom stereocenters. The second-order valence-electron chi connectivity index (χ2n) is 6.57. The average Bonchev–Trinajstić information content (AvgIpc) is 3.14. The Bertz CT molecular complexity index is 992. The van der Waals surface area contributed by atoms with Gasteiger partial charge in [0.25, 0.3) is 11.6 Å². The van der Waals surface area contributed by atoms with Gasteiger partial charge < -0.3 is 19.7 Å². The number of rotatable bonds is 7. The minimum atomic E-state index is -0.763. The van der Waals surface area contributed by atoms with Gasteiger partial charge in [-0.3, -0.25) is 24.5 Å². The van der Waals surface area contributed by atoms with E-state index in [0.717, 1.165) is 0 Å². The van der Waals surface area contributed by atoms with Crippen molar-refractivity contribution in [1.82, 2.24) is 0 Å². The van der Waals surface area contributed by atoms with Crippen LogP contribution in [0.3, 0.4) is 0 Å². The third-order valence-corrected chi connectivity index (χ3v) is 4.51. The van der Waals surface area contributed by atoms with Gasteiger partial charge in [-0.25, -0.2) is 0 Å². The number of carbonyl (C=O) groups is 3. The van der Waals surface area contributed by atoms with Crippen molar-refractivity contribution in [1.29, 1.82) is 0 Å². The number of ether oxygens (including phenoxy) is 2. The van der Waals surface area contributed by atoms with E-state index < -0.39 is 29.3 Å². The molecule has 0 radical (unpaired) electrons. The van der Waals surface area contributed by atoms with Crippen LogP contribution >= 0.6 is 0 Å². The van der Waals surface area contributed by atoms with Gasteiger partial charge in [-0.1, -0.05) is 12.1 Å². The number of anilines is 2. The fraction of sp³-hybridized carbons (Fsp3) is 0.250. The van der Waals surface area contributed by atoms with Crippen LogP contribution in [0.4, 0.5) is 17.1 Å². The Balaban J connectivity index is 1.55. The van der Waals surface area contributed by atoms with Gasteiger partial charge in [-0.15, -0.1) is 0 Å². The monoisotopic (exact) mass is 413 g/mol. The molecule has 1 N–H and O–H groups in total. The van der Waals surface area contributed by atoms with Gasteiger partial charge in [-0.2, -0.15) is 0 Å². The average molecular weight is 413 g/mol. The Morgan fingerprint density at radius 2 is 2.00 bits per heavy atom. The Morgan fingerprint density at radius 3 is 2.73 bits per heavy atom. The van der Waals surface area contributed by atoms with Crippen molar-refractivity contribution in [3.05, 3.63) is 58.6 Å². The second-order valence-corrected chi connectivity index (χ2v) is 6.57. The second kappa shape index (κ2) is 9.03. The summed E-state index contributed by atoms with van der Waals surface area (Å²) in [4.78, 5) is 48.2. The van der Waals surface area contributed by atoms with Gasteiger partial charge in [0, 0.05) is 36.9 Å². The number of non-ortho nitro benzene ring substituents is 1. The highest BCUT2D eigenvalue weighted by molar-refractivity contribution is 6.00. The molecule has 2 amide bonds. The minimum Gasteiger partial charge on any atom is -0.497 e. The molecule has 1 heterocycles. The van der Waals surface area contributed by atoms with E-state index >= 15 is 0 Å². The van der Waals surface area contributed by atoms with E-state index in [1.807, 2.05) is 0 Å². The van der Waals surface area contributed by atoms with E-state index in [1.165, 1.54) is 30.2 Å². The summed E-state index contributed by atoms with van der Waals surface area (Å²) in [7, 11) is 1.50. The van der Waals surface area contributed by atoms with Crippen LogP contribution in [0, 0.1) is 16.0 Å². The molecule has 0 saturated carbocycles.